The van der Waals surface area contributed by atoms with Gasteiger partial charge in [-0.3, -0.25) is 25.0 Å². The molecule has 0 aromatic heterocycles. The van der Waals surface area contributed by atoms with Gasteiger partial charge in [-0.25, -0.2) is 0 Å². The molecule has 0 fully saturated rings. The summed E-state index contributed by atoms with van der Waals surface area (Å²) in [7, 11) is 1.57. The van der Waals surface area contributed by atoms with Gasteiger partial charge < -0.3 is 10.1 Å². The fourth-order valence-corrected chi connectivity index (χ4v) is 2.67. The second kappa shape index (κ2) is 8.26. The van der Waals surface area contributed by atoms with Gasteiger partial charge in [0.15, 0.2) is 0 Å². The van der Waals surface area contributed by atoms with Crippen LogP contribution in [-0.4, -0.2) is 28.9 Å². The SMILES string of the molecule is COc1ccc(C[C@H](C)NC(=O)c2cc([N+](=O)[O-])c(C)c([N+](=O)[O-])c2)cc1. The lowest BCUT2D eigenvalue weighted by atomic mass is 10.0. The van der Waals surface area contributed by atoms with Crippen LogP contribution in [0, 0.1) is 27.2 Å². The molecular formula is C18H19N3O6. The Hall–Kier alpha value is -3.49. The van der Waals surface area contributed by atoms with Crippen molar-refractivity contribution < 1.29 is 19.4 Å². The zero-order valence-electron chi connectivity index (χ0n) is 15.1. The second-order valence-corrected chi connectivity index (χ2v) is 6.08. The Morgan fingerprint density at radius 3 is 2.07 bits per heavy atom. The third kappa shape index (κ3) is 4.78. The van der Waals surface area contributed by atoms with Crippen molar-refractivity contribution in [3.05, 3.63) is 73.3 Å². The molecule has 0 saturated carbocycles. The number of hydrogen-bond donors (Lipinski definition) is 1. The number of rotatable bonds is 7. The predicted molar refractivity (Wildman–Crippen MR) is 98.1 cm³/mol. The standard InChI is InChI=1S/C18H19N3O6/c1-11(8-13-4-6-15(27-3)7-5-13)19-18(22)14-9-16(20(23)24)12(2)17(10-14)21(25)26/h4-7,9-11H,8H2,1-3H3,(H,19,22)/t11-/m0/s1. The number of nitrogens with one attached hydrogen (secondary N) is 1. The molecule has 142 valence electrons. The lowest BCUT2D eigenvalue weighted by molar-refractivity contribution is -0.395. The molecule has 0 saturated heterocycles. The van der Waals surface area contributed by atoms with Crippen molar-refractivity contribution in [2.45, 2.75) is 26.3 Å². The summed E-state index contributed by atoms with van der Waals surface area (Å²) in [6.45, 7) is 3.06. The minimum absolute atomic E-state index is 0.0900. The second-order valence-electron chi connectivity index (χ2n) is 6.08. The first kappa shape index (κ1) is 19.8. The van der Waals surface area contributed by atoms with Crippen molar-refractivity contribution in [2.75, 3.05) is 7.11 Å². The molecule has 0 heterocycles. The zero-order chi connectivity index (χ0) is 20.1. The average molecular weight is 373 g/mol. The van der Waals surface area contributed by atoms with E-state index in [1.807, 2.05) is 12.1 Å². The Morgan fingerprint density at radius 1 is 1.11 bits per heavy atom. The summed E-state index contributed by atoms with van der Waals surface area (Å²) in [6, 6.07) is 9.15. The summed E-state index contributed by atoms with van der Waals surface area (Å²) in [6.07, 6.45) is 0.520. The molecule has 27 heavy (non-hydrogen) atoms. The van der Waals surface area contributed by atoms with E-state index in [1.54, 1.807) is 26.2 Å². The molecule has 1 N–H and O–H groups in total. The fourth-order valence-electron chi connectivity index (χ4n) is 2.67. The van der Waals surface area contributed by atoms with Gasteiger partial charge >= 0.3 is 0 Å². The van der Waals surface area contributed by atoms with Gasteiger partial charge in [-0.05, 0) is 38.0 Å². The summed E-state index contributed by atoms with van der Waals surface area (Å²) in [4.78, 5) is 33.2. The van der Waals surface area contributed by atoms with Crippen molar-refractivity contribution >= 4 is 17.3 Å². The largest absolute Gasteiger partial charge is 0.497 e. The van der Waals surface area contributed by atoms with E-state index in [0.29, 0.717) is 6.42 Å². The van der Waals surface area contributed by atoms with Gasteiger partial charge in [-0.15, -0.1) is 0 Å². The highest BCUT2D eigenvalue weighted by molar-refractivity contribution is 5.96. The minimum Gasteiger partial charge on any atom is -0.497 e. The van der Waals surface area contributed by atoms with E-state index in [2.05, 4.69) is 5.32 Å². The van der Waals surface area contributed by atoms with Crippen LogP contribution in [0.2, 0.25) is 0 Å². The summed E-state index contributed by atoms with van der Waals surface area (Å²) in [5.41, 5.74) is -0.174. The first-order valence-corrected chi connectivity index (χ1v) is 8.10. The normalized spacial score (nSPS) is 11.5. The number of benzene rings is 2. The quantitative estimate of drug-likeness (QED) is 0.587. The molecule has 1 atom stereocenters. The van der Waals surface area contributed by atoms with Gasteiger partial charge in [-0.2, -0.15) is 0 Å². The van der Waals surface area contributed by atoms with Gasteiger partial charge in [0.05, 0.1) is 22.5 Å². The first-order valence-electron chi connectivity index (χ1n) is 8.10. The van der Waals surface area contributed by atoms with E-state index in [-0.39, 0.29) is 17.2 Å². The summed E-state index contributed by atoms with van der Waals surface area (Å²) in [5.74, 6) is 0.108. The van der Waals surface area contributed by atoms with Gasteiger partial charge in [-0.1, -0.05) is 12.1 Å². The number of carbonyl (C=O) groups is 1. The number of amides is 1. The molecule has 0 aliphatic heterocycles. The van der Waals surface area contributed by atoms with Crippen LogP contribution >= 0.6 is 0 Å². The van der Waals surface area contributed by atoms with Crippen molar-refractivity contribution in [3.63, 3.8) is 0 Å². The molecule has 0 aliphatic rings. The maximum atomic E-state index is 12.4. The molecule has 0 bridgehead atoms. The van der Waals surface area contributed by atoms with Crippen LogP contribution in [0.4, 0.5) is 11.4 Å². The van der Waals surface area contributed by atoms with Crippen LogP contribution in [0.15, 0.2) is 36.4 Å². The van der Waals surface area contributed by atoms with Crippen LogP contribution < -0.4 is 10.1 Å². The van der Waals surface area contributed by atoms with E-state index >= 15 is 0 Å². The monoisotopic (exact) mass is 373 g/mol. The molecule has 0 radical (unpaired) electrons. The average Bonchev–Trinajstić information content (AvgIpc) is 2.61. The van der Waals surface area contributed by atoms with E-state index < -0.39 is 27.1 Å². The highest BCUT2D eigenvalue weighted by atomic mass is 16.6. The van der Waals surface area contributed by atoms with E-state index in [1.165, 1.54) is 6.92 Å². The molecule has 0 spiro atoms. The molecule has 2 aromatic rings. The smallest absolute Gasteiger partial charge is 0.279 e. The van der Waals surface area contributed by atoms with Crippen LogP contribution in [0.1, 0.15) is 28.4 Å². The molecule has 2 rings (SSSR count). The van der Waals surface area contributed by atoms with Gasteiger partial charge in [0.2, 0.25) is 0 Å². The highest BCUT2D eigenvalue weighted by Gasteiger charge is 2.25. The third-order valence-electron chi connectivity index (χ3n) is 4.09. The van der Waals surface area contributed by atoms with Gasteiger partial charge in [0.1, 0.15) is 11.3 Å². The van der Waals surface area contributed by atoms with Crippen molar-refractivity contribution in [1.29, 1.82) is 0 Å². The number of carbonyl (C=O) groups excluding carboxylic acids is 1. The Kier molecular flexibility index (Phi) is 6.07. The third-order valence-corrected chi connectivity index (χ3v) is 4.09. The van der Waals surface area contributed by atoms with E-state index in [0.717, 1.165) is 23.4 Å². The number of hydrogen-bond acceptors (Lipinski definition) is 6. The molecular weight excluding hydrogens is 354 g/mol. The molecule has 0 unspecified atom stereocenters. The van der Waals surface area contributed by atoms with Crippen molar-refractivity contribution in [2.24, 2.45) is 0 Å². The number of nitro benzene ring substituents is 2. The maximum absolute atomic E-state index is 12.4. The lowest BCUT2D eigenvalue weighted by Crippen LogP contribution is -2.34. The van der Waals surface area contributed by atoms with Crippen molar-refractivity contribution in [3.8, 4) is 5.75 Å². The van der Waals surface area contributed by atoms with Crippen LogP contribution in [0.3, 0.4) is 0 Å². The number of ether oxygens (including phenoxy) is 1. The zero-order valence-corrected chi connectivity index (χ0v) is 15.1. The first-order chi connectivity index (χ1) is 12.7. The summed E-state index contributed by atoms with van der Waals surface area (Å²) < 4.78 is 5.09. The highest BCUT2D eigenvalue weighted by Crippen LogP contribution is 2.29. The summed E-state index contributed by atoms with van der Waals surface area (Å²) in [5, 5.41) is 25.0. The Balaban J connectivity index is 2.18. The molecule has 9 nitrogen and oxygen atoms in total. The Bertz CT molecular complexity index is 844. The topological polar surface area (TPSA) is 125 Å². The van der Waals surface area contributed by atoms with Crippen LogP contribution in [0.5, 0.6) is 5.75 Å². The number of nitrogens with zero attached hydrogens (tertiary/aromatic N) is 2. The molecule has 2 aromatic carbocycles. The Labute approximate surface area is 155 Å². The predicted octanol–water partition coefficient (Wildman–Crippen LogP) is 3.18. The molecule has 9 heteroatoms. The minimum atomic E-state index is -0.736. The number of methoxy groups -OCH3 is 1. The maximum Gasteiger partial charge on any atom is 0.279 e. The van der Waals surface area contributed by atoms with E-state index in [4.69, 9.17) is 4.74 Å². The van der Waals surface area contributed by atoms with Crippen LogP contribution in [-0.2, 0) is 6.42 Å². The van der Waals surface area contributed by atoms with Gasteiger partial charge in [0.25, 0.3) is 17.3 Å². The molecule has 0 aliphatic carbocycles. The molecule has 1 amide bonds. The Morgan fingerprint density at radius 2 is 1.63 bits per heavy atom. The van der Waals surface area contributed by atoms with Gasteiger partial charge in [0, 0.05) is 18.2 Å². The number of nitro groups is 2. The lowest BCUT2D eigenvalue weighted by Gasteiger charge is -2.14. The fraction of sp³-hybridized carbons (Fsp3) is 0.278. The summed E-state index contributed by atoms with van der Waals surface area (Å²) >= 11 is 0. The van der Waals surface area contributed by atoms with Crippen molar-refractivity contribution in [1.82, 2.24) is 5.32 Å². The van der Waals surface area contributed by atoms with Crippen LogP contribution in [0.25, 0.3) is 0 Å². The van der Waals surface area contributed by atoms with E-state index in [9.17, 15) is 25.0 Å².